The lowest BCUT2D eigenvalue weighted by atomic mass is 9.67. The van der Waals surface area contributed by atoms with Gasteiger partial charge in [0.15, 0.2) is 5.96 Å². The molecule has 2 N–H and O–H groups in total. The Labute approximate surface area is 138 Å². The molecule has 1 aromatic rings. The van der Waals surface area contributed by atoms with E-state index in [9.17, 15) is 0 Å². The van der Waals surface area contributed by atoms with Crippen molar-refractivity contribution in [3.63, 3.8) is 0 Å². The van der Waals surface area contributed by atoms with E-state index in [4.69, 9.17) is 9.73 Å². The highest BCUT2D eigenvalue weighted by molar-refractivity contribution is 7.07. The molecule has 0 saturated heterocycles. The Bertz CT molecular complexity index is 441. The number of methoxy groups -OCH3 is 1. The summed E-state index contributed by atoms with van der Waals surface area (Å²) in [6.45, 7) is 5.69. The van der Waals surface area contributed by atoms with Crippen molar-refractivity contribution in [2.75, 3.05) is 33.4 Å². The zero-order chi connectivity index (χ0) is 15.7. The molecule has 1 heterocycles. The molecule has 0 aromatic carbocycles. The average molecular weight is 324 g/mol. The second kappa shape index (κ2) is 9.16. The Balaban J connectivity index is 1.80. The van der Waals surface area contributed by atoms with Crippen molar-refractivity contribution in [2.45, 2.75) is 39.0 Å². The van der Waals surface area contributed by atoms with Crippen LogP contribution in [0.15, 0.2) is 21.8 Å². The van der Waals surface area contributed by atoms with Crippen LogP contribution < -0.4 is 10.6 Å². The first kappa shape index (κ1) is 17.3. The molecule has 124 valence electrons. The first-order valence-electron chi connectivity index (χ1n) is 8.30. The van der Waals surface area contributed by atoms with Gasteiger partial charge in [0.05, 0.1) is 0 Å². The fraction of sp³-hybridized carbons (Fsp3) is 0.706. The van der Waals surface area contributed by atoms with Crippen LogP contribution in [0.2, 0.25) is 0 Å². The summed E-state index contributed by atoms with van der Waals surface area (Å²) in [5, 5.41) is 11.1. The molecule has 0 radical (unpaired) electrons. The summed E-state index contributed by atoms with van der Waals surface area (Å²) >= 11 is 1.75. The molecule has 22 heavy (non-hydrogen) atoms. The van der Waals surface area contributed by atoms with Crippen LogP contribution in [0.4, 0.5) is 0 Å². The number of hydrogen-bond donors (Lipinski definition) is 2. The summed E-state index contributed by atoms with van der Waals surface area (Å²) in [5.41, 5.74) is 1.77. The van der Waals surface area contributed by atoms with E-state index in [1.807, 2.05) is 0 Å². The van der Waals surface area contributed by atoms with Crippen molar-refractivity contribution in [1.82, 2.24) is 10.6 Å². The molecule has 0 atom stereocenters. The van der Waals surface area contributed by atoms with Crippen LogP contribution >= 0.6 is 11.3 Å². The smallest absolute Gasteiger partial charge is 0.191 e. The predicted octanol–water partition coefficient (Wildman–Crippen LogP) is 3.05. The van der Waals surface area contributed by atoms with Gasteiger partial charge in [-0.2, -0.15) is 11.3 Å². The number of ether oxygens (including phenoxy) is 1. The van der Waals surface area contributed by atoms with E-state index < -0.39 is 0 Å². The van der Waals surface area contributed by atoms with Crippen LogP contribution in [0.1, 0.15) is 38.2 Å². The van der Waals surface area contributed by atoms with E-state index in [2.05, 4.69) is 34.4 Å². The first-order valence-corrected chi connectivity index (χ1v) is 9.24. The van der Waals surface area contributed by atoms with Crippen molar-refractivity contribution >= 4 is 17.3 Å². The van der Waals surface area contributed by atoms with Gasteiger partial charge in [0.2, 0.25) is 0 Å². The standard InChI is InChI=1S/C17H29N3OS/c1-3-18-16(19-10-5-15-6-12-22-13-15)20-14-17(7-4-8-17)9-11-21-2/h6,12-13H,3-5,7-11,14H2,1-2H3,(H2,18,19,20). The number of hydrogen-bond acceptors (Lipinski definition) is 3. The van der Waals surface area contributed by atoms with Crippen LogP contribution in [0, 0.1) is 5.41 Å². The minimum absolute atomic E-state index is 0.381. The van der Waals surface area contributed by atoms with Gasteiger partial charge in [0, 0.05) is 33.4 Å². The lowest BCUT2D eigenvalue weighted by Crippen LogP contribution is -2.41. The van der Waals surface area contributed by atoms with Crippen molar-refractivity contribution < 1.29 is 4.74 Å². The molecule has 1 aromatic heterocycles. The molecule has 4 nitrogen and oxygen atoms in total. The van der Waals surface area contributed by atoms with Crippen molar-refractivity contribution in [3.8, 4) is 0 Å². The summed E-state index contributed by atoms with van der Waals surface area (Å²) in [6.07, 6.45) is 6.08. The van der Waals surface area contributed by atoms with Gasteiger partial charge in [-0.1, -0.05) is 6.42 Å². The van der Waals surface area contributed by atoms with Crippen LogP contribution in [0.5, 0.6) is 0 Å². The summed E-state index contributed by atoms with van der Waals surface area (Å²) in [6, 6.07) is 2.19. The lowest BCUT2D eigenvalue weighted by molar-refractivity contribution is 0.0778. The second-order valence-corrected chi connectivity index (χ2v) is 6.88. The maximum Gasteiger partial charge on any atom is 0.191 e. The van der Waals surface area contributed by atoms with Gasteiger partial charge in [-0.25, -0.2) is 0 Å². The largest absolute Gasteiger partial charge is 0.385 e. The monoisotopic (exact) mass is 323 g/mol. The SMILES string of the molecule is CCNC(=NCC1(CCOC)CCC1)NCCc1ccsc1. The van der Waals surface area contributed by atoms with E-state index in [1.165, 1.54) is 24.8 Å². The predicted molar refractivity (Wildman–Crippen MR) is 94.8 cm³/mol. The van der Waals surface area contributed by atoms with E-state index in [1.54, 1.807) is 18.4 Å². The van der Waals surface area contributed by atoms with Gasteiger partial charge in [0.25, 0.3) is 0 Å². The number of guanidine groups is 1. The molecule has 2 rings (SSSR count). The number of aliphatic imine (C=N–C) groups is 1. The normalized spacial score (nSPS) is 17.1. The molecule has 0 amide bonds. The molecular formula is C17H29N3OS. The van der Waals surface area contributed by atoms with Gasteiger partial charge in [-0.15, -0.1) is 0 Å². The molecule has 0 spiro atoms. The van der Waals surface area contributed by atoms with Crippen molar-refractivity contribution in [3.05, 3.63) is 22.4 Å². The molecular weight excluding hydrogens is 294 g/mol. The van der Waals surface area contributed by atoms with Crippen LogP contribution in [-0.2, 0) is 11.2 Å². The first-order chi connectivity index (χ1) is 10.8. The Morgan fingerprint density at radius 3 is 2.86 bits per heavy atom. The highest BCUT2D eigenvalue weighted by Gasteiger charge is 2.36. The number of thiophene rings is 1. The molecule has 1 aliphatic rings. The molecule has 0 aliphatic heterocycles. The zero-order valence-electron chi connectivity index (χ0n) is 13.9. The van der Waals surface area contributed by atoms with Gasteiger partial charge in [-0.05, 0) is 60.4 Å². The Morgan fingerprint density at radius 2 is 2.27 bits per heavy atom. The highest BCUT2D eigenvalue weighted by Crippen LogP contribution is 2.44. The van der Waals surface area contributed by atoms with Crippen LogP contribution in [-0.4, -0.2) is 39.3 Å². The van der Waals surface area contributed by atoms with Gasteiger partial charge >= 0.3 is 0 Å². The van der Waals surface area contributed by atoms with Crippen molar-refractivity contribution in [1.29, 1.82) is 0 Å². The number of nitrogens with zero attached hydrogens (tertiary/aromatic N) is 1. The Kier molecular flexibility index (Phi) is 7.19. The minimum atomic E-state index is 0.381. The summed E-state index contributed by atoms with van der Waals surface area (Å²) in [5.74, 6) is 0.946. The third-order valence-electron chi connectivity index (χ3n) is 4.45. The maximum atomic E-state index is 5.26. The topological polar surface area (TPSA) is 45.7 Å². The van der Waals surface area contributed by atoms with E-state index in [0.717, 1.165) is 45.0 Å². The number of nitrogens with one attached hydrogen (secondary N) is 2. The summed E-state index contributed by atoms with van der Waals surface area (Å²) < 4.78 is 5.26. The van der Waals surface area contributed by atoms with Crippen LogP contribution in [0.25, 0.3) is 0 Å². The quantitative estimate of drug-likeness (QED) is 0.542. The lowest BCUT2D eigenvalue weighted by Gasteiger charge is -2.40. The summed E-state index contributed by atoms with van der Waals surface area (Å²) in [7, 11) is 1.78. The fourth-order valence-electron chi connectivity index (χ4n) is 2.83. The number of rotatable bonds is 9. The van der Waals surface area contributed by atoms with Crippen LogP contribution in [0.3, 0.4) is 0 Å². The van der Waals surface area contributed by atoms with Gasteiger partial charge in [-0.3, -0.25) is 4.99 Å². The van der Waals surface area contributed by atoms with Gasteiger partial charge in [0.1, 0.15) is 0 Å². The Morgan fingerprint density at radius 1 is 1.41 bits per heavy atom. The molecule has 1 saturated carbocycles. The molecule has 0 unspecified atom stereocenters. The van der Waals surface area contributed by atoms with Gasteiger partial charge < -0.3 is 15.4 Å². The fourth-order valence-corrected chi connectivity index (χ4v) is 3.53. The zero-order valence-corrected chi connectivity index (χ0v) is 14.7. The summed E-state index contributed by atoms with van der Waals surface area (Å²) in [4.78, 5) is 4.82. The molecule has 1 fully saturated rings. The minimum Gasteiger partial charge on any atom is -0.385 e. The maximum absolute atomic E-state index is 5.26. The van der Waals surface area contributed by atoms with E-state index in [0.29, 0.717) is 5.41 Å². The second-order valence-electron chi connectivity index (χ2n) is 6.10. The van der Waals surface area contributed by atoms with Crippen molar-refractivity contribution in [2.24, 2.45) is 10.4 Å². The average Bonchev–Trinajstić information content (AvgIpc) is 2.99. The highest BCUT2D eigenvalue weighted by atomic mass is 32.1. The third kappa shape index (κ3) is 5.29. The molecule has 5 heteroatoms. The molecule has 1 aliphatic carbocycles. The van der Waals surface area contributed by atoms with E-state index in [-0.39, 0.29) is 0 Å². The van der Waals surface area contributed by atoms with E-state index >= 15 is 0 Å². The third-order valence-corrected chi connectivity index (χ3v) is 5.19. The molecule has 0 bridgehead atoms. The Hall–Kier alpha value is -1.07.